The van der Waals surface area contributed by atoms with Gasteiger partial charge in [-0.3, -0.25) is 0 Å². The molecule has 0 spiro atoms. The van der Waals surface area contributed by atoms with Crippen LogP contribution in [-0.4, -0.2) is 58.4 Å². The fourth-order valence-electron chi connectivity index (χ4n) is 4.57. The van der Waals surface area contributed by atoms with Crippen molar-refractivity contribution in [3.05, 3.63) is 23.7 Å². The number of aromatic nitrogens is 4. The van der Waals surface area contributed by atoms with Gasteiger partial charge in [-0.05, 0) is 31.7 Å². The highest BCUT2D eigenvalue weighted by molar-refractivity contribution is 5.63. The van der Waals surface area contributed by atoms with Gasteiger partial charge in [0.25, 0.3) is 6.43 Å². The van der Waals surface area contributed by atoms with Gasteiger partial charge in [0, 0.05) is 36.5 Å². The quantitative estimate of drug-likeness (QED) is 0.809. The van der Waals surface area contributed by atoms with E-state index < -0.39 is 6.43 Å². The minimum Gasteiger partial charge on any atom is -0.384 e. The van der Waals surface area contributed by atoms with E-state index in [0.29, 0.717) is 38.2 Å². The first kappa shape index (κ1) is 19.5. The second-order valence-corrected chi connectivity index (χ2v) is 8.03. The molecule has 30 heavy (non-hydrogen) atoms. The minimum absolute atomic E-state index is 0.0409. The largest absolute Gasteiger partial charge is 0.384 e. The van der Waals surface area contributed by atoms with Crippen LogP contribution in [0.2, 0.25) is 0 Å². The average Bonchev–Trinajstić information content (AvgIpc) is 3.02. The second kappa shape index (κ2) is 7.99. The van der Waals surface area contributed by atoms with Crippen molar-refractivity contribution in [1.82, 2.24) is 19.9 Å². The molecule has 2 aromatic rings. The number of ether oxygens (including phenoxy) is 2. The third-order valence-corrected chi connectivity index (χ3v) is 6.13. The van der Waals surface area contributed by atoms with Crippen molar-refractivity contribution in [2.75, 3.05) is 37.1 Å². The topological polar surface area (TPSA) is 99.3 Å². The lowest BCUT2D eigenvalue weighted by Gasteiger charge is -2.35. The summed E-state index contributed by atoms with van der Waals surface area (Å²) in [5, 5.41) is 0. The predicted molar refractivity (Wildman–Crippen MR) is 105 cm³/mol. The molecule has 2 atom stereocenters. The van der Waals surface area contributed by atoms with Crippen molar-refractivity contribution >= 4 is 11.8 Å². The van der Waals surface area contributed by atoms with Crippen LogP contribution in [0, 0.1) is 0 Å². The van der Waals surface area contributed by atoms with E-state index in [1.807, 2.05) is 0 Å². The molecule has 8 nitrogen and oxygen atoms in total. The van der Waals surface area contributed by atoms with Crippen molar-refractivity contribution < 1.29 is 18.3 Å². The number of fused-ring (bicyclic) bond motifs is 2. The van der Waals surface area contributed by atoms with Crippen LogP contribution in [0.4, 0.5) is 20.5 Å². The molecule has 3 aliphatic heterocycles. The standard InChI is InChI=1S/C20H24F2N6O2/c21-17(22)14-7-16(23)24-8-15(14)19-25-18(11-3-5-29-6-4-11)26-20(27-19)28-12-1-2-13(28)10-30-9-12/h7-8,11-13,17H,1-6,9-10H2,(H2,23,24). The number of halogens is 2. The molecule has 160 valence electrons. The highest BCUT2D eigenvalue weighted by Crippen LogP contribution is 2.36. The van der Waals surface area contributed by atoms with Crippen LogP contribution >= 0.6 is 0 Å². The van der Waals surface area contributed by atoms with E-state index in [0.717, 1.165) is 25.7 Å². The van der Waals surface area contributed by atoms with E-state index >= 15 is 0 Å². The summed E-state index contributed by atoms with van der Waals surface area (Å²) in [5.41, 5.74) is 5.62. The van der Waals surface area contributed by atoms with Gasteiger partial charge >= 0.3 is 0 Å². The van der Waals surface area contributed by atoms with Crippen molar-refractivity contribution in [2.24, 2.45) is 0 Å². The Hall–Kier alpha value is -2.46. The summed E-state index contributed by atoms with van der Waals surface area (Å²) in [4.78, 5) is 20.3. The smallest absolute Gasteiger partial charge is 0.264 e. The molecule has 2 bridgehead atoms. The molecule has 2 N–H and O–H groups in total. The number of nitrogens with zero attached hydrogens (tertiary/aromatic N) is 5. The van der Waals surface area contributed by atoms with Gasteiger partial charge in [-0.1, -0.05) is 0 Å². The number of alkyl halides is 2. The number of hydrogen-bond donors (Lipinski definition) is 1. The van der Waals surface area contributed by atoms with Gasteiger partial charge in [-0.2, -0.15) is 9.97 Å². The van der Waals surface area contributed by atoms with E-state index in [1.165, 1.54) is 12.3 Å². The normalized spacial score (nSPS) is 24.6. The van der Waals surface area contributed by atoms with Crippen molar-refractivity contribution in [2.45, 2.75) is 50.1 Å². The van der Waals surface area contributed by atoms with E-state index in [4.69, 9.17) is 20.2 Å². The van der Waals surface area contributed by atoms with Crippen LogP contribution in [-0.2, 0) is 9.47 Å². The van der Waals surface area contributed by atoms with Crippen LogP contribution in [0.1, 0.15) is 49.4 Å². The number of nitrogens with two attached hydrogens (primary N) is 1. The molecule has 2 aromatic heterocycles. The minimum atomic E-state index is -2.71. The number of morpholine rings is 1. The van der Waals surface area contributed by atoms with Gasteiger partial charge in [0.2, 0.25) is 5.95 Å². The first-order chi connectivity index (χ1) is 14.6. The number of nitrogen functional groups attached to an aromatic ring is 1. The van der Waals surface area contributed by atoms with Crippen LogP contribution in [0.25, 0.3) is 11.4 Å². The Morgan fingerprint density at radius 3 is 2.43 bits per heavy atom. The van der Waals surface area contributed by atoms with Crippen molar-refractivity contribution in [1.29, 1.82) is 0 Å². The summed E-state index contributed by atoms with van der Waals surface area (Å²) in [6, 6.07) is 1.58. The molecule has 0 aliphatic carbocycles. The summed E-state index contributed by atoms with van der Waals surface area (Å²) in [6.07, 6.45) is 2.21. The molecule has 0 amide bonds. The van der Waals surface area contributed by atoms with E-state index in [9.17, 15) is 8.78 Å². The Morgan fingerprint density at radius 2 is 1.73 bits per heavy atom. The number of pyridine rings is 1. The Balaban J connectivity index is 1.62. The maximum absolute atomic E-state index is 13.7. The predicted octanol–water partition coefficient (Wildman–Crippen LogP) is 2.72. The Kier molecular flexibility index (Phi) is 5.20. The maximum atomic E-state index is 13.7. The van der Waals surface area contributed by atoms with Crippen molar-refractivity contribution in [3.63, 3.8) is 0 Å². The zero-order valence-electron chi connectivity index (χ0n) is 16.5. The third-order valence-electron chi connectivity index (χ3n) is 6.13. The summed E-state index contributed by atoms with van der Waals surface area (Å²) < 4.78 is 38.6. The molecular weight excluding hydrogens is 394 g/mol. The molecule has 5 heterocycles. The van der Waals surface area contributed by atoms with Crippen LogP contribution in [0.5, 0.6) is 0 Å². The van der Waals surface area contributed by atoms with E-state index in [1.54, 1.807) is 0 Å². The Bertz CT molecular complexity index is 908. The lowest BCUT2D eigenvalue weighted by molar-refractivity contribution is 0.0831. The van der Waals surface area contributed by atoms with Crippen LogP contribution < -0.4 is 10.6 Å². The molecular formula is C20H24F2N6O2. The Morgan fingerprint density at radius 1 is 1.00 bits per heavy atom. The Labute approximate surface area is 172 Å². The maximum Gasteiger partial charge on any atom is 0.264 e. The summed E-state index contributed by atoms with van der Waals surface area (Å²) in [7, 11) is 0. The van der Waals surface area contributed by atoms with Gasteiger partial charge in [-0.25, -0.2) is 18.7 Å². The zero-order chi connectivity index (χ0) is 20.7. The van der Waals surface area contributed by atoms with Crippen LogP contribution in [0.3, 0.4) is 0 Å². The lowest BCUT2D eigenvalue weighted by Crippen LogP contribution is -2.47. The van der Waals surface area contributed by atoms with Gasteiger partial charge < -0.3 is 20.1 Å². The van der Waals surface area contributed by atoms with Gasteiger partial charge in [0.15, 0.2) is 5.82 Å². The third kappa shape index (κ3) is 3.58. The summed E-state index contributed by atoms with van der Waals surface area (Å²) >= 11 is 0. The fraction of sp³-hybridized carbons (Fsp3) is 0.600. The number of rotatable bonds is 4. The first-order valence-corrected chi connectivity index (χ1v) is 10.3. The molecule has 0 radical (unpaired) electrons. The summed E-state index contributed by atoms with van der Waals surface area (Å²) in [6.45, 7) is 2.51. The van der Waals surface area contributed by atoms with Crippen LogP contribution in [0.15, 0.2) is 12.3 Å². The average molecular weight is 418 g/mol. The number of hydrogen-bond acceptors (Lipinski definition) is 8. The second-order valence-electron chi connectivity index (χ2n) is 8.03. The first-order valence-electron chi connectivity index (χ1n) is 10.3. The molecule has 3 aliphatic rings. The molecule has 0 saturated carbocycles. The SMILES string of the molecule is Nc1cc(C(F)F)c(-c2nc(C3CCOCC3)nc(N3C4CCC3COC4)n2)cn1. The summed E-state index contributed by atoms with van der Waals surface area (Å²) in [5.74, 6) is 1.53. The van der Waals surface area contributed by atoms with E-state index in [2.05, 4.69) is 19.9 Å². The highest BCUT2D eigenvalue weighted by Gasteiger charge is 2.39. The molecule has 0 aromatic carbocycles. The highest BCUT2D eigenvalue weighted by atomic mass is 19.3. The van der Waals surface area contributed by atoms with E-state index in [-0.39, 0.29) is 40.8 Å². The molecule has 3 fully saturated rings. The van der Waals surface area contributed by atoms with Crippen molar-refractivity contribution in [3.8, 4) is 11.4 Å². The molecule has 3 saturated heterocycles. The fourth-order valence-corrected chi connectivity index (χ4v) is 4.57. The van der Waals surface area contributed by atoms with Gasteiger partial charge in [0.1, 0.15) is 11.6 Å². The monoisotopic (exact) mass is 418 g/mol. The zero-order valence-corrected chi connectivity index (χ0v) is 16.5. The number of anilines is 2. The van der Waals surface area contributed by atoms with Gasteiger partial charge in [0.05, 0.1) is 25.3 Å². The lowest BCUT2D eigenvalue weighted by atomic mass is 9.99. The molecule has 5 rings (SSSR count). The molecule has 2 unspecified atom stereocenters. The van der Waals surface area contributed by atoms with Gasteiger partial charge in [-0.15, -0.1) is 0 Å². The molecule has 10 heteroatoms.